The number of thiocarbonyl (C=S) groups is 1. The third-order valence-corrected chi connectivity index (χ3v) is 3.53. The van der Waals surface area contributed by atoms with E-state index in [4.69, 9.17) is 18.0 Å². The molecule has 2 nitrogen and oxygen atoms in total. The molecule has 0 saturated carbocycles. The Balaban J connectivity index is 2.65. The number of nitrogens with two attached hydrogens (primary N) is 1. The number of hydrogen-bond acceptors (Lipinski definition) is 2. The SMILES string of the molecule is CCC1CCCCN1C(CC)C(N)=S. The average molecular weight is 214 g/mol. The van der Waals surface area contributed by atoms with Crippen LogP contribution in [0.25, 0.3) is 0 Å². The van der Waals surface area contributed by atoms with Crippen molar-refractivity contribution in [1.82, 2.24) is 4.90 Å². The molecule has 0 aromatic rings. The van der Waals surface area contributed by atoms with Gasteiger partial charge in [0.15, 0.2) is 0 Å². The predicted molar refractivity (Wildman–Crippen MR) is 65.5 cm³/mol. The van der Waals surface area contributed by atoms with Crippen molar-refractivity contribution in [2.75, 3.05) is 6.54 Å². The Morgan fingerprint density at radius 3 is 2.71 bits per heavy atom. The number of rotatable bonds is 4. The van der Waals surface area contributed by atoms with Crippen LogP contribution in [0.4, 0.5) is 0 Å². The van der Waals surface area contributed by atoms with Gasteiger partial charge in [-0.2, -0.15) is 0 Å². The van der Waals surface area contributed by atoms with Crippen molar-refractivity contribution in [3.05, 3.63) is 0 Å². The maximum atomic E-state index is 5.78. The van der Waals surface area contributed by atoms with E-state index < -0.39 is 0 Å². The van der Waals surface area contributed by atoms with Gasteiger partial charge in [-0.05, 0) is 32.2 Å². The molecule has 2 atom stereocenters. The summed E-state index contributed by atoms with van der Waals surface area (Å²) in [4.78, 5) is 3.19. The Bertz CT molecular complexity index is 194. The van der Waals surface area contributed by atoms with Crippen molar-refractivity contribution in [2.24, 2.45) is 5.73 Å². The standard InChI is InChI=1S/C11H22N2S/c1-3-9-7-5-6-8-13(9)10(4-2)11(12)14/h9-10H,3-8H2,1-2H3,(H2,12,14). The lowest BCUT2D eigenvalue weighted by Gasteiger charge is -2.40. The monoisotopic (exact) mass is 214 g/mol. The second kappa shape index (κ2) is 5.66. The van der Waals surface area contributed by atoms with Crippen molar-refractivity contribution in [2.45, 2.75) is 58.0 Å². The fourth-order valence-electron chi connectivity index (χ4n) is 2.47. The lowest BCUT2D eigenvalue weighted by atomic mass is 9.97. The lowest BCUT2D eigenvalue weighted by molar-refractivity contribution is 0.120. The van der Waals surface area contributed by atoms with Crippen LogP contribution >= 0.6 is 12.2 Å². The maximum Gasteiger partial charge on any atom is 0.0902 e. The van der Waals surface area contributed by atoms with E-state index in [9.17, 15) is 0 Å². The summed E-state index contributed by atoms with van der Waals surface area (Å²) < 4.78 is 0. The van der Waals surface area contributed by atoms with E-state index in [2.05, 4.69) is 18.7 Å². The summed E-state index contributed by atoms with van der Waals surface area (Å²) in [5.74, 6) is 0. The third-order valence-electron chi connectivity index (χ3n) is 3.26. The van der Waals surface area contributed by atoms with E-state index >= 15 is 0 Å². The molecule has 0 aromatic heterocycles. The molecular weight excluding hydrogens is 192 g/mol. The van der Waals surface area contributed by atoms with Crippen LogP contribution in [0.2, 0.25) is 0 Å². The summed E-state index contributed by atoms with van der Waals surface area (Å²) in [6.07, 6.45) is 6.25. The quantitative estimate of drug-likeness (QED) is 0.728. The molecule has 1 fully saturated rings. The zero-order valence-corrected chi connectivity index (χ0v) is 10.1. The molecule has 3 heteroatoms. The van der Waals surface area contributed by atoms with Gasteiger partial charge in [-0.1, -0.05) is 32.5 Å². The Morgan fingerprint density at radius 1 is 1.50 bits per heavy atom. The molecule has 1 saturated heterocycles. The van der Waals surface area contributed by atoms with E-state index in [1.807, 2.05) is 0 Å². The van der Waals surface area contributed by atoms with Crippen molar-refractivity contribution >= 4 is 17.2 Å². The van der Waals surface area contributed by atoms with Gasteiger partial charge in [0.05, 0.1) is 11.0 Å². The lowest BCUT2D eigenvalue weighted by Crippen LogP contribution is -2.50. The van der Waals surface area contributed by atoms with E-state index in [0.717, 1.165) is 6.42 Å². The Kier molecular flexibility index (Phi) is 4.82. The highest BCUT2D eigenvalue weighted by Crippen LogP contribution is 2.23. The van der Waals surface area contributed by atoms with Gasteiger partial charge in [-0.25, -0.2) is 0 Å². The molecule has 0 aliphatic carbocycles. The largest absolute Gasteiger partial charge is 0.392 e. The van der Waals surface area contributed by atoms with Gasteiger partial charge in [-0.3, -0.25) is 4.90 Å². The molecule has 14 heavy (non-hydrogen) atoms. The van der Waals surface area contributed by atoms with Gasteiger partial charge in [0.1, 0.15) is 0 Å². The van der Waals surface area contributed by atoms with Crippen LogP contribution in [0, 0.1) is 0 Å². The minimum Gasteiger partial charge on any atom is -0.392 e. The Hall–Kier alpha value is -0.150. The number of nitrogens with zero attached hydrogens (tertiary/aromatic N) is 1. The second-order valence-corrected chi connectivity index (χ2v) is 4.59. The van der Waals surface area contributed by atoms with Crippen LogP contribution in [-0.4, -0.2) is 28.5 Å². The van der Waals surface area contributed by atoms with Crippen LogP contribution < -0.4 is 5.73 Å². The maximum absolute atomic E-state index is 5.78. The number of likely N-dealkylation sites (tertiary alicyclic amines) is 1. The van der Waals surface area contributed by atoms with E-state index in [0.29, 0.717) is 17.1 Å². The van der Waals surface area contributed by atoms with E-state index in [1.165, 1.54) is 32.2 Å². The molecular formula is C11H22N2S. The molecule has 0 bridgehead atoms. The normalized spacial score (nSPS) is 26.0. The average Bonchev–Trinajstić information content (AvgIpc) is 2.19. The van der Waals surface area contributed by atoms with Gasteiger partial charge in [0.2, 0.25) is 0 Å². The molecule has 82 valence electrons. The summed E-state index contributed by atoms with van der Waals surface area (Å²) in [6.45, 7) is 5.61. The highest BCUT2D eigenvalue weighted by atomic mass is 32.1. The Morgan fingerprint density at radius 2 is 2.21 bits per heavy atom. The smallest absolute Gasteiger partial charge is 0.0902 e. The highest BCUT2D eigenvalue weighted by molar-refractivity contribution is 7.80. The molecule has 2 N–H and O–H groups in total. The first kappa shape index (κ1) is 11.9. The van der Waals surface area contributed by atoms with Crippen LogP contribution in [-0.2, 0) is 0 Å². The summed E-state index contributed by atoms with van der Waals surface area (Å²) in [7, 11) is 0. The van der Waals surface area contributed by atoms with E-state index in [-0.39, 0.29) is 0 Å². The molecule has 1 aliphatic rings. The predicted octanol–water partition coefficient (Wildman–Crippen LogP) is 2.32. The van der Waals surface area contributed by atoms with Crippen LogP contribution in [0.1, 0.15) is 46.0 Å². The topological polar surface area (TPSA) is 29.3 Å². The molecule has 1 aliphatic heterocycles. The number of piperidine rings is 1. The van der Waals surface area contributed by atoms with Crippen molar-refractivity contribution in [3.63, 3.8) is 0 Å². The third kappa shape index (κ3) is 2.67. The molecule has 0 amide bonds. The molecule has 0 radical (unpaired) electrons. The minimum atomic E-state index is 0.329. The van der Waals surface area contributed by atoms with Crippen LogP contribution in [0.3, 0.4) is 0 Å². The van der Waals surface area contributed by atoms with Crippen LogP contribution in [0.15, 0.2) is 0 Å². The molecule has 0 aromatic carbocycles. The molecule has 1 heterocycles. The van der Waals surface area contributed by atoms with Gasteiger partial charge in [0, 0.05) is 6.04 Å². The fourth-order valence-corrected chi connectivity index (χ4v) is 2.77. The van der Waals surface area contributed by atoms with Gasteiger partial charge < -0.3 is 5.73 Å². The number of hydrogen-bond donors (Lipinski definition) is 1. The van der Waals surface area contributed by atoms with Crippen LogP contribution in [0.5, 0.6) is 0 Å². The first-order chi connectivity index (χ1) is 6.70. The van der Waals surface area contributed by atoms with Crippen molar-refractivity contribution in [1.29, 1.82) is 0 Å². The fraction of sp³-hybridized carbons (Fsp3) is 0.909. The van der Waals surface area contributed by atoms with Gasteiger partial charge in [-0.15, -0.1) is 0 Å². The molecule has 2 unspecified atom stereocenters. The summed E-state index contributed by atoms with van der Waals surface area (Å²) >= 11 is 5.13. The first-order valence-electron chi connectivity index (χ1n) is 5.75. The Labute approximate surface area is 92.8 Å². The second-order valence-electron chi connectivity index (χ2n) is 4.12. The summed E-state index contributed by atoms with van der Waals surface area (Å²) in [6, 6.07) is 1.03. The highest BCUT2D eigenvalue weighted by Gasteiger charge is 2.27. The molecule has 0 spiro atoms. The summed E-state index contributed by atoms with van der Waals surface area (Å²) in [5.41, 5.74) is 5.78. The molecule has 1 rings (SSSR count). The van der Waals surface area contributed by atoms with Gasteiger partial charge in [0.25, 0.3) is 0 Å². The minimum absolute atomic E-state index is 0.329. The van der Waals surface area contributed by atoms with Gasteiger partial charge >= 0.3 is 0 Å². The van der Waals surface area contributed by atoms with Crippen molar-refractivity contribution in [3.8, 4) is 0 Å². The van der Waals surface area contributed by atoms with Crippen molar-refractivity contribution < 1.29 is 0 Å². The van der Waals surface area contributed by atoms with E-state index in [1.54, 1.807) is 0 Å². The zero-order valence-electron chi connectivity index (χ0n) is 9.33. The first-order valence-corrected chi connectivity index (χ1v) is 6.16. The zero-order chi connectivity index (χ0) is 10.6. The summed E-state index contributed by atoms with van der Waals surface area (Å²) in [5, 5.41) is 0.